The number of aromatic amines is 1. The fraction of sp³-hybridized carbons (Fsp3) is 0.500. The lowest BCUT2D eigenvalue weighted by molar-refractivity contribution is -0.0459. The van der Waals surface area contributed by atoms with Crippen LogP contribution >= 0.6 is 0 Å². The van der Waals surface area contributed by atoms with E-state index in [1.807, 2.05) is 4.98 Å². The van der Waals surface area contributed by atoms with Crippen molar-refractivity contribution in [3.63, 3.8) is 0 Å². The van der Waals surface area contributed by atoms with E-state index in [1.165, 1.54) is 0 Å². The number of hydrogen-bond donors (Lipinski definition) is 3. The van der Waals surface area contributed by atoms with E-state index in [-0.39, 0.29) is 18.6 Å². The highest BCUT2D eigenvalue weighted by atomic mass is 16.5. The maximum absolute atomic E-state index is 11.6. The summed E-state index contributed by atoms with van der Waals surface area (Å²) in [4.78, 5) is 24.8. The van der Waals surface area contributed by atoms with Crippen LogP contribution in [0.25, 0.3) is 0 Å². The number of rotatable bonds is 2. The van der Waals surface area contributed by atoms with Crippen molar-refractivity contribution in [3.8, 4) is 6.07 Å². The van der Waals surface area contributed by atoms with Crippen LogP contribution in [0.4, 0.5) is 0 Å². The highest BCUT2D eigenvalue weighted by Crippen LogP contribution is 2.27. The molecule has 0 saturated carbocycles. The molecule has 2 rings (SSSR count). The van der Waals surface area contributed by atoms with Crippen LogP contribution in [0.5, 0.6) is 0 Å². The molecule has 0 spiro atoms. The summed E-state index contributed by atoms with van der Waals surface area (Å²) in [6.45, 7) is -0.374. The first-order chi connectivity index (χ1) is 8.56. The summed E-state index contributed by atoms with van der Waals surface area (Å²) in [7, 11) is 0. The van der Waals surface area contributed by atoms with Crippen LogP contribution in [0.2, 0.25) is 0 Å². The molecule has 3 atom stereocenters. The Kier molecular flexibility index (Phi) is 3.29. The van der Waals surface area contributed by atoms with Gasteiger partial charge in [0, 0.05) is 12.6 Å². The number of aliphatic hydroxyl groups excluding tert-OH is 2. The first-order valence-corrected chi connectivity index (χ1v) is 5.26. The van der Waals surface area contributed by atoms with Gasteiger partial charge in [0.1, 0.15) is 24.0 Å². The minimum atomic E-state index is -0.899. The molecule has 1 aliphatic rings. The number of aromatic nitrogens is 2. The Morgan fingerprint density at radius 1 is 1.61 bits per heavy atom. The molecule has 0 aliphatic carbocycles. The topological polar surface area (TPSA) is 128 Å². The number of nitriles is 1. The van der Waals surface area contributed by atoms with Crippen molar-refractivity contribution in [3.05, 3.63) is 32.6 Å². The van der Waals surface area contributed by atoms with E-state index in [1.54, 1.807) is 6.07 Å². The lowest BCUT2D eigenvalue weighted by atomic mass is 10.2. The second kappa shape index (κ2) is 4.73. The molecule has 1 aromatic heterocycles. The molecule has 8 nitrogen and oxygen atoms in total. The van der Waals surface area contributed by atoms with Crippen molar-refractivity contribution in [2.75, 3.05) is 6.61 Å². The average molecular weight is 253 g/mol. The summed E-state index contributed by atoms with van der Waals surface area (Å²) in [5, 5.41) is 27.2. The van der Waals surface area contributed by atoms with Gasteiger partial charge in [0.15, 0.2) is 0 Å². The second-order valence-electron chi connectivity index (χ2n) is 3.94. The molecule has 1 saturated heterocycles. The Labute approximate surface area is 101 Å². The third-order valence-corrected chi connectivity index (χ3v) is 2.78. The van der Waals surface area contributed by atoms with Gasteiger partial charge in [0.2, 0.25) is 0 Å². The lowest BCUT2D eigenvalue weighted by Crippen LogP contribution is -2.33. The summed E-state index contributed by atoms with van der Waals surface area (Å²) in [5.41, 5.74) is -1.72. The van der Waals surface area contributed by atoms with Crippen LogP contribution in [-0.4, -0.2) is 38.6 Å². The molecular weight excluding hydrogens is 242 g/mol. The summed E-state index contributed by atoms with van der Waals surface area (Å²) in [5.74, 6) is 0. The highest BCUT2D eigenvalue weighted by Gasteiger charge is 2.35. The van der Waals surface area contributed by atoms with Crippen molar-refractivity contribution in [2.24, 2.45) is 0 Å². The molecule has 1 fully saturated rings. The fourth-order valence-electron chi connectivity index (χ4n) is 1.83. The third kappa shape index (κ3) is 2.06. The van der Waals surface area contributed by atoms with Crippen molar-refractivity contribution >= 4 is 0 Å². The summed E-state index contributed by atoms with van der Waals surface area (Å²) >= 11 is 0. The van der Waals surface area contributed by atoms with Crippen LogP contribution < -0.4 is 11.2 Å². The smallest absolute Gasteiger partial charge is 0.330 e. The van der Waals surface area contributed by atoms with Crippen LogP contribution in [0.15, 0.2) is 15.8 Å². The fourth-order valence-corrected chi connectivity index (χ4v) is 1.83. The lowest BCUT2D eigenvalue weighted by Gasteiger charge is -2.14. The van der Waals surface area contributed by atoms with Crippen LogP contribution in [0.1, 0.15) is 18.2 Å². The van der Waals surface area contributed by atoms with Crippen LogP contribution in [0.3, 0.4) is 0 Å². The third-order valence-electron chi connectivity index (χ3n) is 2.78. The van der Waals surface area contributed by atoms with E-state index >= 15 is 0 Å². The zero-order valence-corrected chi connectivity index (χ0v) is 9.24. The van der Waals surface area contributed by atoms with Gasteiger partial charge in [-0.15, -0.1) is 0 Å². The maximum atomic E-state index is 11.6. The molecule has 0 radical (unpaired) electrons. The van der Waals surface area contributed by atoms with Gasteiger partial charge in [-0.25, -0.2) is 4.79 Å². The maximum Gasteiger partial charge on any atom is 0.330 e. The molecule has 18 heavy (non-hydrogen) atoms. The zero-order chi connectivity index (χ0) is 13.3. The van der Waals surface area contributed by atoms with E-state index in [0.29, 0.717) is 0 Å². The number of ether oxygens (including phenoxy) is 1. The van der Waals surface area contributed by atoms with Crippen molar-refractivity contribution in [1.82, 2.24) is 9.55 Å². The second-order valence-corrected chi connectivity index (χ2v) is 3.94. The van der Waals surface area contributed by atoms with E-state index < -0.39 is 29.7 Å². The molecule has 1 unspecified atom stereocenters. The molecule has 1 aromatic rings. The van der Waals surface area contributed by atoms with Gasteiger partial charge < -0.3 is 14.9 Å². The van der Waals surface area contributed by atoms with Crippen LogP contribution in [0, 0.1) is 11.3 Å². The molecule has 2 heterocycles. The number of nitrogens with zero attached hydrogens (tertiary/aromatic N) is 2. The average Bonchev–Trinajstić information content (AvgIpc) is 2.70. The number of aliphatic hydroxyl groups is 2. The van der Waals surface area contributed by atoms with Crippen LogP contribution in [-0.2, 0) is 4.74 Å². The Hall–Kier alpha value is -1.95. The quantitative estimate of drug-likeness (QED) is 0.562. The predicted octanol–water partition coefficient (Wildman–Crippen LogP) is -1.95. The van der Waals surface area contributed by atoms with Gasteiger partial charge in [-0.1, -0.05) is 0 Å². The Morgan fingerprint density at radius 3 is 2.89 bits per heavy atom. The SMILES string of the molecule is N#Cc1cn([C@H]2C[C@@H](O)C(CO)O2)c(=O)[nH]c1=O. The molecule has 96 valence electrons. The Bertz CT molecular complexity index is 599. The summed E-state index contributed by atoms with van der Waals surface area (Å²) < 4.78 is 6.29. The molecule has 0 aromatic carbocycles. The summed E-state index contributed by atoms with van der Waals surface area (Å²) in [6.07, 6.45) is -1.31. The minimum Gasteiger partial charge on any atom is -0.394 e. The molecule has 0 amide bonds. The summed E-state index contributed by atoms with van der Waals surface area (Å²) in [6, 6.07) is 1.65. The normalized spacial score (nSPS) is 27.1. The molecule has 3 N–H and O–H groups in total. The van der Waals surface area contributed by atoms with E-state index in [0.717, 1.165) is 10.8 Å². The molecule has 1 aliphatic heterocycles. The van der Waals surface area contributed by atoms with E-state index in [4.69, 9.17) is 15.1 Å². The largest absolute Gasteiger partial charge is 0.394 e. The van der Waals surface area contributed by atoms with Crippen molar-refractivity contribution < 1.29 is 14.9 Å². The standard InChI is InChI=1S/C10H11N3O5/c11-2-5-3-13(10(17)12-9(5)16)8-1-6(15)7(4-14)18-8/h3,6-8,14-15H,1,4H2,(H,12,16,17)/t6-,7?,8-/m1/s1. The number of hydrogen-bond acceptors (Lipinski definition) is 6. The van der Waals surface area contributed by atoms with Gasteiger partial charge in [-0.3, -0.25) is 14.3 Å². The number of nitrogens with one attached hydrogen (secondary N) is 1. The van der Waals surface area contributed by atoms with Crippen molar-refractivity contribution in [2.45, 2.75) is 24.9 Å². The van der Waals surface area contributed by atoms with Gasteiger partial charge in [0.25, 0.3) is 5.56 Å². The Balaban J connectivity index is 2.39. The van der Waals surface area contributed by atoms with Gasteiger partial charge in [-0.2, -0.15) is 5.26 Å². The predicted molar refractivity (Wildman–Crippen MR) is 57.7 cm³/mol. The van der Waals surface area contributed by atoms with Gasteiger partial charge in [-0.05, 0) is 0 Å². The molecule has 0 bridgehead atoms. The monoisotopic (exact) mass is 253 g/mol. The first-order valence-electron chi connectivity index (χ1n) is 5.26. The molecule has 8 heteroatoms. The van der Waals surface area contributed by atoms with E-state index in [9.17, 15) is 14.7 Å². The molecular formula is C10H11N3O5. The van der Waals surface area contributed by atoms with Crippen molar-refractivity contribution in [1.29, 1.82) is 5.26 Å². The zero-order valence-electron chi connectivity index (χ0n) is 9.24. The van der Waals surface area contributed by atoms with Gasteiger partial charge >= 0.3 is 5.69 Å². The van der Waals surface area contributed by atoms with Gasteiger partial charge in [0.05, 0.1) is 12.7 Å². The highest BCUT2D eigenvalue weighted by molar-refractivity contribution is 5.21. The first kappa shape index (κ1) is 12.5. The Morgan fingerprint density at radius 2 is 2.33 bits per heavy atom. The van der Waals surface area contributed by atoms with E-state index in [2.05, 4.69) is 0 Å². The number of H-pyrrole nitrogens is 1. The minimum absolute atomic E-state index is 0.0993.